The van der Waals surface area contributed by atoms with E-state index in [0.29, 0.717) is 23.5 Å². The van der Waals surface area contributed by atoms with Gasteiger partial charge in [-0.3, -0.25) is 9.48 Å². The molecule has 1 aliphatic rings. The molecule has 2 N–H and O–H groups in total. The number of nitrogens with one attached hydrogen (secondary N) is 2. The molecule has 1 amide bonds. The van der Waals surface area contributed by atoms with E-state index in [1.54, 1.807) is 17.1 Å². The van der Waals surface area contributed by atoms with Crippen LogP contribution in [-0.2, 0) is 24.3 Å². The third kappa shape index (κ3) is 2.94. The zero-order valence-electron chi connectivity index (χ0n) is 11.3. The number of carbonyl (C=O) groups excluding carboxylic acids is 1. The fourth-order valence-corrected chi connectivity index (χ4v) is 3.48. The van der Waals surface area contributed by atoms with Gasteiger partial charge in [0.05, 0.1) is 18.3 Å². The number of nitriles is 1. The maximum absolute atomic E-state index is 12.0. The predicted octanol–water partition coefficient (Wildman–Crippen LogP) is 0.886. The van der Waals surface area contributed by atoms with Gasteiger partial charge in [-0.2, -0.15) is 5.26 Å². The Balaban J connectivity index is 1.68. The third-order valence-electron chi connectivity index (χ3n) is 3.33. The second kappa shape index (κ2) is 6.03. The Morgan fingerprint density at radius 3 is 3.29 bits per heavy atom. The van der Waals surface area contributed by atoms with Gasteiger partial charge >= 0.3 is 0 Å². The summed E-state index contributed by atoms with van der Waals surface area (Å²) in [5.74, 6) is -0.117. The van der Waals surface area contributed by atoms with Crippen molar-refractivity contribution < 1.29 is 4.79 Å². The van der Waals surface area contributed by atoms with Gasteiger partial charge in [-0.1, -0.05) is 5.21 Å². The number of anilines is 1. The molecule has 0 saturated heterocycles. The highest BCUT2D eigenvalue weighted by atomic mass is 32.1. The lowest BCUT2D eigenvalue weighted by atomic mass is 10.1. The molecule has 3 heterocycles. The molecule has 108 valence electrons. The molecule has 0 unspecified atom stereocenters. The van der Waals surface area contributed by atoms with Crippen LogP contribution in [0, 0.1) is 11.3 Å². The van der Waals surface area contributed by atoms with E-state index >= 15 is 0 Å². The van der Waals surface area contributed by atoms with E-state index in [2.05, 4.69) is 27.0 Å². The van der Waals surface area contributed by atoms with Crippen LogP contribution in [0.4, 0.5) is 5.00 Å². The lowest BCUT2D eigenvalue weighted by Gasteiger charge is -2.11. The van der Waals surface area contributed by atoms with Crippen LogP contribution in [-0.4, -0.2) is 27.4 Å². The zero-order valence-corrected chi connectivity index (χ0v) is 12.1. The fourth-order valence-electron chi connectivity index (χ4n) is 2.30. The Morgan fingerprint density at radius 2 is 2.52 bits per heavy atom. The first kappa shape index (κ1) is 13.7. The summed E-state index contributed by atoms with van der Waals surface area (Å²) in [6, 6.07) is 2.22. The number of aromatic nitrogens is 3. The molecule has 0 fully saturated rings. The minimum atomic E-state index is -0.117. The Hall–Kier alpha value is -2.24. The largest absolute Gasteiger partial charge is 0.317 e. The number of hydrogen-bond donors (Lipinski definition) is 2. The Bertz CT molecular complexity index is 684. The summed E-state index contributed by atoms with van der Waals surface area (Å²) in [7, 11) is 0. The number of carbonyl (C=O) groups is 1. The molecule has 2 aromatic rings. The Morgan fingerprint density at radius 1 is 1.62 bits per heavy atom. The number of aryl methyl sites for hydroxylation is 1. The number of amides is 1. The average molecular weight is 302 g/mol. The zero-order chi connectivity index (χ0) is 14.7. The van der Waals surface area contributed by atoms with Crippen LogP contribution in [0.15, 0.2) is 12.4 Å². The highest BCUT2D eigenvalue weighted by Gasteiger charge is 2.21. The lowest BCUT2D eigenvalue weighted by molar-refractivity contribution is -0.116. The molecule has 3 rings (SSSR count). The highest BCUT2D eigenvalue weighted by molar-refractivity contribution is 7.16. The van der Waals surface area contributed by atoms with Crippen LogP contribution in [0.2, 0.25) is 0 Å². The summed E-state index contributed by atoms with van der Waals surface area (Å²) >= 11 is 1.49. The van der Waals surface area contributed by atoms with Crippen molar-refractivity contribution in [3.63, 3.8) is 0 Å². The van der Waals surface area contributed by atoms with Crippen molar-refractivity contribution in [3.05, 3.63) is 28.4 Å². The quantitative estimate of drug-likeness (QED) is 0.874. The van der Waals surface area contributed by atoms with E-state index in [9.17, 15) is 10.1 Å². The van der Waals surface area contributed by atoms with Crippen molar-refractivity contribution in [3.8, 4) is 6.07 Å². The molecule has 0 aromatic carbocycles. The standard InChI is InChI=1S/C13H14N6OS/c14-7-10-9-1-3-15-8-11(9)21-13(10)17-12(20)2-5-19-6-4-16-18-19/h4,6,15H,1-3,5,8H2,(H,17,20). The molecular formula is C13H14N6OS. The molecule has 8 heteroatoms. The summed E-state index contributed by atoms with van der Waals surface area (Å²) in [4.78, 5) is 13.1. The monoisotopic (exact) mass is 302 g/mol. The fraction of sp³-hybridized carbons (Fsp3) is 0.385. The van der Waals surface area contributed by atoms with Crippen molar-refractivity contribution in [2.75, 3.05) is 11.9 Å². The third-order valence-corrected chi connectivity index (χ3v) is 4.48. The van der Waals surface area contributed by atoms with Gasteiger partial charge in [0.15, 0.2) is 0 Å². The maximum atomic E-state index is 12.0. The minimum absolute atomic E-state index is 0.117. The lowest BCUT2D eigenvalue weighted by Crippen LogP contribution is -2.22. The normalized spacial score (nSPS) is 13.5. The summed E-state index contributed by atoms with van der Waals surface area (Å²) in [6.45, 7) is 2.11. The molecule has 0 saturated carbocycles. The molecule has 0 atom stereocenters. The van der Waals surface area contributed by atoms with Crippen molar-refractivity contribution in [1.82, 2.24) is 20.3 Å². The second-order valence-electron chi connectivity index (χ2n) is 4.71. The van der Waals surface area contributed by atoms with E-state index in [-0.39, 0.29) is 5.91 Å². The van der Waals surface area contributed by atoms with Crippen LogP contribution in [0.5, 0.6) is 0 Å². The minimum Gasteiger partial charge on any atom is -0.317 e. The molecule has 21 heavy (non-hydrogen) atoms. The molecular weight excluding hydrogens is 288 g/mol. The number of thiophene rings is 1. The summed E-state index contributed by atoms with van der Waals surface area (Å²) < 4.78 is 1.61. The molecule has 0 aliphatic carbocycles. The van der Waals surface area contributed by atoms with Gasteiger partial charge in [-0.25, -0.2) is 0 Å². The van der Waals surface area contributed by atoms with Gasteiger partial charge in [0, 0.05) is 24.0 Å². The Labute approximate surface area is 125 Å². The van der Waals surface area contributed by atoms with Gasteiger partial charge < -0.3 is 10.6 Å². The maximum Gasteiger partial charge on any atom is 0.226 e. The van der Waals surface area contributed by atoms with Crippen LogP contribution in [0.1, 0.15) is 22.4 Å². The first-order valence-electron chi connectivity index (χ1n) is 6.67. The van der Waals surface area contributed by atoms with Gasteiger partial charge in [0.1, 0.15) is 11.1 Å². The summed E-state index contributed by atoms with van der Waals surface area (Å²) in [6.07, 6.45) is 4.42. The van der Waals surface area contributed by atoms with Crippen molar-refractivity contribution in [2.45, 2.75) is 25.9 Å². The van der Waals surface area contributed by atoms with Crippen molar-refractivity contribution in [2.24, 2.45) is 0 Å². The van der Waals surface area contributed by atoms with Crippen molar-refractivity contribution >= 4 is 22.2 Å². The molecule has 0 spiro atoms. The molecule has 0 bridgehead atoms. The second-order valence-corrected chi connectivity index (χ2v) is 5.82. The summed E-state index contributed by atoms with van der Waals surface area (Å²) in [5, 5.41) is 23.6. The molecule has 2 aromatic heterocycles. The van der Waals surface area contributed by atoms with Crippen LogP contribution >= 0.6 is 11.3 Å². The van der Waals surface area contributed by atoms with Gasteiger partial charge in [0.25, 0.3) is 0 Å². The van der Waals surface area contributed by atoms with Gasteiger partial charge in [-0.05, 0) is 18.5 Å². The predicted molar refractivity (Wildman–Crippen MR) is 77.7 cm³/mol. The number of nitrogens with zero attached hydrogens (tertiary/aromatic N) is 4. The van der Waals surface area contributed by atoms with Crippen molar-refractivity contribution in [1.29, 1.82) is 5.26 Å². The summed E-state index contributed by atoms with van der Waals surface area (Å²) in [5.41, 5.74) is 1.69. The van der Waals surface area contributed by atoms with E-state index in [4.69, 9.17) is 0 Å². The van der Waals surface area contributed by atoms with Crippen LogP contribution in [0.25, 0.3) is 0 Å². The SMILES string of the molecule is N#Cc1c(NC(=O)CCn2ccnn2)sc2c1CCNC2. The van der Waals surface area contributed by atoms with Gasteiger partial charge in [0.2, 0.25) is 5.91 Å². The smallest absolute Gasteiger partial charge is 0.226 e. The number of hydrogen-bond acceptors (Lipinski definition) is 6. The van der Waals surface area contributed by atoms with Gasteiger partial charge in [-0.15, -0.1) is 16.4 Å². The first-order chi connectivity index (χ1) is 10.3. The van der Waals surface area contributed by atoms with Crippen LogP contribution < -0.4 is 10.6 Å². The molecule has 1 aliphatic heterocycles. The first-order valence-corrected chi connectivity index (χ1v) is 7.49. The van der Waals surface area contributed by atoms with Crippen LogP contribution in [0.3, 0.4) is 0 Å². The molecule has 0 radical (unpaired) electrons. The average Bonchev–Trinajstić information content (AvgIpc) is 3.12. The number of fused-ring (bicyclic) bond motifs is 1. The topological polar surface area (TPSA) is 95.6 Å². The van der Waals surface area contributed by atoms with E-state index in [1.807, 2.05) is 0 Å². The van der Waals surface area contributed by atoms with E-state index < -0.39 is 0 Å². The van der Waals surface area contributed by atoms with E-state index in [1.165, 1.54) is 11.3 Å². The number of rotatable bonds is 4. The Kier molecular flexibility index (Phi) is 3.94. The molecule has 7 nitrogen and oxygen atoms in total. The highest BCUT2D eigenvalue weighted by Crippen LogP contribution is 2.34. The van der Waals surface area contributed by atoms with E-state index in [0.717, 1.165) is 30.0 Å².